The van der Waals surface area contributed by atoms with E-state index in [0.717, 1.165) is 10.9 Å². The van der Waals surface area contributed by atoms with Gasteiger partial charge in [-0.05, 0) is 17.7 Å². The highest BCUT2D eigenvalue weighted by atomic mass is 19.4. The minimum Gasteiger partial charge on any atom is -0.497 e. The van der Waals surface area contributed by atoms with Crippen molar-refractivity contribution in [2.75, 3.05) is 12.4 Å². The van der Waals surface area contributed by atoms with Gasteiger partial charge < -0.3 is 10.1 Å². The number of aromatic nitrogens is 2. The van der Waals surface area contributed by atoms with Gasteiger partial charge in [0.15, 0.2) is 6.04 Å². The van der Waals surface area contributed by atoms with E-state index in [9.17, 15) is 18.0 Å². The molecule has 1 amide bonds. The molecule has 4 N–H and O–H groups in total. The van der Waals surface area contributed by atoms with Crippen molar-refractivity contribution in [3.63, 3.8) is 0 Å². The molecule has 0 unspecified atom stereocenters. The number of hydrazine groups is 1. The molecular formula is C15H16F3N5O2. The van der Waals surface area contributed by atoms with Crippen LogP contribution in [-0.4, -0.2) is 29.0 Å². The predicted octanol–water partition coefficient (Wildman–Crippen LogP) is 2.16. The molecule has 0 saturated carbocycles. The molecule has 2 aromatic rings. The molecule has 1 aromatic heterocycles. The third kappa shape index (κ3) is 3.12. The van der Waals surface area contributed by atoms with Crippen LogP contribution in [0.25, 0.3) is 0 Å². The minimum absolute atomic E-state index is 0.0163. The number of alkyl halides is 3. The van der Waals surface area contributed by atoms with E-state index in [4.69, 9.17) is 10.6 Å². The average Bonchev–Trinajstić information content (AvgIpc) is 3.03. The zero-order chi connectivity index (χ0) is 18.2. The summed E-state index contributed by atoms with van der Waals surface area (Å²) in [6.45, 7) is 0. The number of amides is 1. The molecule has 0 aliphatic carbocycles. The second kappa shape index (κ2) is 6.28. The first-order chi connectivity index (χ1) is 11.8. The number of ether oxygens (including phenoxy) is 1. The number of benzene rings is 1. The molecule has 0 spiro atoms. The maximum atomic E-state index is 13.5. The molecule has 0 bridgehead atoms. The van der Waals surface area contributed by atoms with Crippen molar-refractivity contribution in [1.29, 1.82) is 0 Å². The number of hydrogen-bond acceptors (Lipinski definition) is 5. The van der Waals surface area contributed by atoms with Gasteiger partial charge in [0.1, 0.15) is 17.1 Å². The molecule has 1 aliphatic heterocycles. The van der Waals surface area contributed by atoms with Crippen molar-refractivity contribution in [3.8, 4) is 5.75 Å². The van der Waals surface area contributed by atoms with Gasteiger partial charge in [-0.15, -0.1) is 0 Å². The number of nitrogens with two attached hydrogens (primary N) is 1. The Kier molecular flexibility index (Phi) is 4.29. The van der Waals surface area contributed by atoms with Crippen molar-refractivity contribution in [2.24, 2.45) is 5.84 Å². The molecule has 2 heterocycles. The quantitative estimate of drug-likeness (QED) is 0.446. The number of halogens is 3. The first-order valence-electron chi connectivity index (χ1n) is 7.40. The van der Waals surface area contributed by atoms with E-state index >= 15 is 0 Å². The van der Waals surface area contributed by atoms with Crippen LogP contribution in [0.5, 0.6) is 5.75 Å². The number of fused-ring (bicyclic) bond motifs is 1. The lowest BCUT2D eigenvalue weighted by atomic mass is 9.96. The lowest BCUT2D eigenvalue weighted by Crippen LogP contribution is -2.37. The Morgan fingerprint density at radius 1 is 1.40 bits per heavy atom. The normalized spacial score (nSPS) is 19.7. The molecule has 7 nitrogen and oxygen atoms in total. The van der Waals surface area contributed by atoms with Gasteiger partial charge in [0.05, 0.1) is 19.3 Å². The highest BCUT2D eigenvalue weighted by Crippen LogP contribution is 2.44. The fourth-order valence-corrected chi connectivity index (χ4v) is 2.86. The minimum atomic E-state index is -4.51. The van der Waals surface area contributed by atoms with E-state index in [1.54, 1.807) is 24.3 Å². The van der Waals surface area contributed by atoms with Gasteiger partial charge in [0, 0.05) is 6.42 Å². The van der Waals surface area contributed by atoms with Gasteiger partial charge in [0.25, 0.3) is 5.91 Å². The summed E-state index contributed by atoms with van der Waals surface area (Å²) in [6.07, 6.45) is -3.70. The number of hydrogen-bond donors (Lipinski definition) is 3. The summed E-state index contributed by atoms with van der Waals surface area (Å²) >= 11 is 0. The highest BCUT2D eigenvalue weighted by Gasteiger charge is 2.47. The van der Waals surface area contributed by atoms with Crippen LogP contribution in [0.15, 0.2) is 30.5 Å². The largest absolute Gasteiger partial charge is 0.497 e. The molecule has 10 heteroatoms. The molecule has 1 aliphatic rings. The third-order valence-corrected chi connectivity index (χ3v) is 4.13. The van der Waals surface area contributed by atoms with Gasteiger partial charge in [-0.2, -0.15) is 18.3 Å². The molecule has 3 rings (SSSR count). The number of carbonyl (C=O) groups is 1. The first kappa shape index (κ1) is 17.1. The summed E-state index contributed by atoms with van der Waals surface area (Å²) in [6, 6.07) is 4.19. The topological polar surface area (TPSA) is 94.2 Å². The number of rotatable bonds is 3. The van der Waals surface area contributed by atoms with Crippen molar-refractivity contribution in [1.82, 2.24) is 15.2 Å². The molecule has 134 valence electrons. The Bertz CT molecular complexity index is 772. The van der Waals surface area contributed by atoms with Gasteiger partial charge >= 0.3 is 6.18 Å². The van der Waals surface area contributed by atoms with Crippen LogP contribution >= 0.6 is 0 Å². The standard InChI is InChI=1S/C15H16F3N5O2/c1-25-9-4-2-8(3-5-9)11-6-12(15(16,17)18)23-13(21-11)10(7-20-23)14(24)22-19/h2-5,7,11-12,21H,6,19H2,1H3,(H,22,24)/t11-,12-/m1/s1. The average molecular weight is 355 g/mol. The predicted molar refractivity (Wildman–Crippen MR) is 82.9 cm³/mol. The van der Waals surface area contributed by atoms with Gasteiger partial charge in [-0.25, -0.2) is 10.5 Å². The van der Waals surface area contributed by atoms with Gasteiger partial charge in [-0.1, -0.05) is 12.1 Å². The van der Waals surface area contributed by atoms with Crippen LogP contribution in [0, 0.1) is 0 Å². The lowest BCUT2D eigenvalue weighted by molar-refractivity contribution is -0.173. The molecular weight excluding hydrogens is 339 g/mol. The third-order valence-electron chi connectivity index (χ3n) is 4.13. The summed E-state index contributed by atoms with van der Waals surface area (Å²) in [5.74, 6) is 4.96. The zero-order valence-electron chi connectivity index (χ0n) is 13.2. The molecule has 0 saturated heterocycles. The van der Waals surface area contributed by atoms with Crippen LogP contribution in [0.1, 0.15) is 34.4 Å². The van der Waals surface area contributed by atoms with Crippen molar-refractivity contribution in [2.45, 2.75) is 24.7 Å². The maximum Gasteiger partial charge on any atom is 0.410 e. The molecule has 1 aromatic carbocycles. The summed E-state index contributed by atoms with van der Waals surface area (Å²) in [5, 5.41) is 6.69. The molecule has 25 heavy (non-hydrogen) atoms. The van der Waals surface area contributed by atoms with Crippen LogP contribution in [-0.2, 0) is 0 Å². The van der Waals surface area contributed by atoms with Crippen molar-refractivity contribution in [3.05, 3.63) is 41.6 Å². The van der Waals surface area contributed by atoms with E-state index < -0.39 is 24.2 Å². The summed E-state index contributed by atoms with van der Waals surface area (Å²) < 4.78 is 46.3. The molecule has 2 atom stereocenters. The summed E-state index contributed by atoms with van der Waals surface area (Å²) in [7, 11) is 1.50. The smallest absolute Gasteiger partial charge is 0.410 e. The molecule has 0 fully saturated rings. The Morgan fingerprint density at radius 3 is 2.64 bits per heavy atom. The van der Waals surface area contributed by atoms with Crippen molar-refractivity contribution >= 4 is 11.7 Å². The number of methoxy groups -OCH3 is 1. The second-order valence-corrected chi connectivity index (χ2v) is 5.59. The number of carbonyl (C=O) groups excluding carboxylic acids is 1. The monoisotopic (exact) mass is 355 g/mol. The first-order valence-corrected chi connectivity index (χ1v) is 7.40. The number of nitrogens with one attached hydrogen (secondary N) is 2. The second-order valence-electron chi connectivity index (χ2n) is 5.59. The van der Waals surface area contributed by atoms with E-state index in [0.29, 0.717) is 11.3 Å². The lowest BCUT2D eigenvalue weighted by Gasteiger charge is -2.34. The van der Waals surface area contributed by atoms with Gasteiger partial charge in [-0.3, -0.25) is 10.2 Å². The SMILES string of the molecule is COc1ccc([C@H]2C[C@H](C(F)(F)F)n3ncc(C(=O)NN)c3N2)cc1. The Hall–Kier alpha value is -2.75. The van der Waals surface area contributed by atoms with Crippen LogP contribution in [0.3, 0.4) is 0 Å². The fourth-order valence-electron chi connectivity index (χ4n) is 2.86. The summed E-state index contributed by atoms with van der Waals surface area (Å²) in [4.78, 5) is 11.8. The number of nitrogens with zero attached hydrogens (tertiary/aromatic N) is 2. The van der Waals surface area contributed by atoms with E-state index in [-0.39, 0.29) is 17.8 Å². The van der Waals surface area contributed by atoms with E-state index in [2.05, 4.69) is 10.4 Å². The van der Waals surface area contributed by atoms with Crippen LogP contribution in [0.4, 0.5) is 19.0 Å². The Labute approximate surface area is 140 Å². The zero-order valence-corrected chi connectivity index (χ0v) is 13.2. The van der Waals surface area contributed by atoms with E-state index in [1.165, 1.54) is 7.11 Å². The van der Waals surface area contributed by atoms with Crippen LogP contribution < -0.4 is 21.3 Å². The maximum absolute atomic E-state index is 13.5. The number of nitrogen functional groups attached to an aromatic ring is 1. The summed E-state index contributed by atoms with van der Waals surface area (Å²) in [5.41, 5.74) is 2.50. The van der Waals surface area contributed by atoms with Crippen LogP contribution in [0.2, 0.25) is 0 Å². The Morgan fingerprint density at radius 2 is 2.08 bits per heavy atom. The van der Waals surface area contributed by atoms with E-state index in [1.807, 2.05) is 5.43 Å². The van der Waals surface area contributed by atoms with Gasteiger partial charge in [0.2, 0.25) is 0 Å². The Balaban J connectivity index is 2.01. The highest BCUT2D eigenvalue weighted by molar-refractivity contribution is 5.98. The number of anilines is 1. The van der Waals surface area contributed by atoms with Crippen molar-refractivity contribution < 1.29 is 22.7 Å². The fraction of sp³-hybridized carbons (Fsp3) is 0.333. The molecule has 0 radical (unpaired) electrons.